The largest absolute Gasteiger partial charge is 0.461 e. The summed E-state index contributed by atoms with van der Waals surface area (Å²) in [6.07, 6.45) is 4.68. The Bertz CT molecular complexity index is 1090. The van der Waals surface area contributed by atoms with Crippen molar-refractivity contribution < 1.29 is 19.1 Å². The summed E-state index contributed by atoms with van der Waals surface area (Å²) < 4.78 is 5.75. The Morgan fingerprint density at radius 2 is 2.07 bits per heavy atom. The quantitative estimate of drug-likeness (QED) is 0.594. The van der Waals surface area contributed by atoms with Gasteiger partial charge < -0.3 is 20.6 Å². The molecule has 4 N–H and O–H groups in total. The number of nitrogens with one attached hydrogen (secondary N) is 1. The maximum absolute atomic E-state index is 12.9. The monoisotopic (exact) mass is 393 g/mol. The van der Waals surface area contributed by atoms with Crippen LogP contribution in [0.15, 0.2) is 47.1 Å². The van der Waals surface area contributed by atoms with E-state index >= 15 is 0 Å². The van der Waals surface area contributed by atoms with Crippen LogP contribution in [0.4, 0.5) is 0 Å². The Balaban J connectivity index is 1.66. The zero-order valence-electron chi connectivity index (χ0n) is 16.3. The highest BCUT2D eigenvalue weighted by Gasteiger charge is 2.40. The van der Waals surface area contributed by atoms with E-state index in [-0.39, 0.29) is 0 Å². The van der Waals surface area contributed by atoms with Gasteiger partial charge in [-0.15, -0.1) is 0 Å². The van der Waals surface area contributed by atoms with Crippen molar-refractivity contribution in [1.29, 1.82) is 0 Å². The fourth-order valence-corrected chi connectivity index (χ4v) is 3.77. The van der Waals surface area contributed by atoms with Gasteiger partial charge in [-0.25, -0.2) is 0 Å². The van der Waals surface area contributed by atoms with Gasteiger partial charge in [-0.3, -0.25) is 14.6 Å². The zero-order valence-corrected chi connectivity index (χ0v) is 16.3. The molecule has 3 aromatic rings. The molecule has 29 heavy (non-hydrogen) atoms. The van der Waals surface area contributed by atoms with E-state index in [2.05, 4.69) is 16.4 Å². The molecule has 1 saturated carbocycles. The predicted molar refractivity (Wildman–Crippen MR) is 107 cm³/mol. The lowest BCUT2D eigenvalue weighted by atomic mass is 10.00. The first-order valence-corrected chi connectivity index (χ1v) is 9.50. The third kappa shape index (κ3) is 3.38. The molecule has 2 amide bonds. The molecule has 2 unspecified atom stereocenters. The van der Waals surface area contributed by atoms with E-state index in [0.717, 1.165) is 12.0 Å². The molecule has 0 spiro atoms. The number of carbonyl (C=O) groups excluding carboxylic acids is 2. The summed E-state index contributed by atoms with van der Waals surface area (Å²) in [5, 5.41) is 12.7. The van der Waals surface area contributed by atoms with E-state index in [1.54, 1.807) is 13.1 Å². The number of aromatic nitrogens is 1. The number of fused-ring (bicyclic) bond motifs is 1. The first-order chi connectivity index (χ1) is 13.8. The molecule has 7 nitrogen and oxygen atoms in total. The molecule has 2 aromatic heterocycles. The first kappa shape index (κ1) is 19.1. The molecule has 1 aliphatic rings. The topological polar surface area (TPSA) is 118 Å². The van der Waals surface area contributed by atoms with E-state index in [1.165, 1.54) is 12.5 Å². The highest BCUT2D eigenvalue weighted by atomic mass is 16.3. The molecule has 7 heteroatoms. The number of carbonyl (C=O) groups is 2. The molecule has 3 atom stereocenters. The number of aryl methyl sites for hydroxylation is 1. The van der Waals surface area contributed by atoms with E-state index < -0.39 is 24.0 Å². The van der Waals surface area contributed by atoms with Crippen LogP contribution in [-0.2, 0) is 4.79 Å². The average Bonchev–Trinajstić information content (AvgIpc) is 3.44. The molecule has 2 heterocycles. The van der Waals surface area contributed by atoms with E-state index in [0.29, 0.717) is 34.1 Å². The SMILES string of the molecule is Cc1oc2ccc(C3CC3c3cccnc3)cc2c1C(=O)N[C@@](C)(CO)C(N)=O. The van der Waals surface area contributed by atoms with Crippen molar-refractivity contribution in [3.8, 4) is 0 Å². The van der Waals surface area contributed by atoms with Crippen LogP contribution in [0.2, 0.25) is 0 Å². The van der Waals surface area contributed by atoms with Crippen molar-refractivity contribution in [2.45, 2.75) is 37.6 Å². The van der Waals surface area contributed by atoms with Crippen molar-refractivity contribution in [3.63, 3.8) is 0 Å². The van der Waals surface area contributed by atoms with Crippen LogP contribution in [0, 0.1) is 6.92 Å². The summed E-state index contributed by atoms with van der Waals surface area (Å²) in [5.74, 6) is -0.0915. The number of aliphatic hydroxyl groups excluding tert-OH is 1. The molecule has 0 aliphatic heterocycles. The molecule has 1 aliphatic carbocycles. The van der Waals surface area contributed by atoms with Gasteiger partial charge in [0.1, 0.15) is 16.9 Å². The highest BCUT2D eigenvalue weighted by molar-refractivity contribution is 6.09. The number of primary amides is 1. The lowest BCUT2D eigenvalue weighted by Crippen LogP contribution is -2.57. The Morgan fingerprint density at radius 1 is 1.31 bits per heavy atom. The van der Waals surface area contributed by atoms with E-state index in [1.807, 2.05) is 30.5 Å². The lowest BCUT2D eigenvalue weighted by Gasteiger charge is -2.24. The highest BCUT2D eigenvalue weighted by Crippen LogP contribution is 2.54. The molecule has 0 radical (unpaired) electrons. The second-order valence-electron chi connectivity index (χ2n) is 7.83. The molecular weight excluding hydrogens is 370 g/mol. The van der Waals surface area contributed by atoms with E-state index in [4.69, 9.17) is 10.2 Å². The molecule has 1 fully saturated rings. The van der Waals surface area contributed by atoms with Gasteiger partial charge in [0, 0.05) is 17.8 Å². The third-order valence-corrected chi connectivity index (χ3v) is 5.70. The number of nitrogens with two attached hydrogens (primary N) is 1. The number of nitrogens with zero attached hydrogens (tertiary/aromatic N) is 1. The van der Waals surface area contributed by atoms with Crippen LogP contribution in [0.25, 0.3) is 11.0 Å². The Hall–Kier alpha value is -3.19. The van der Waals surface area contributed by atoms with Crippen LogP contribution in [0.5, 0.6) is 0 Å². The predicted octanol–water partition coefficient (Wildman–Crippen LogP) is 2.37. The van der Waals surface area contributed by atoms with Gasteiger partial charge in [0.15, 0.2) is 0 Å². The Labute approximate surface area is 167 Å². The van der Waals surface area contributed by atoms with Gasteiger partial charge in [0.05, 0.1) is 12.2 Å². The molecule has 0 bridgehead atoms. The molecule has 1 aromatic carbocycles. The first-order valence-electron chi connectivity index (χ1n) is 9.50. The number of pyridine rings is 1. The van der Waals surface area contributed by atoms with Gasteiger partial charge >= 0.3 is 0 Å². The summed E-state index contributed by atoms with van der Waals surface area (Å²) in [6, 6.07) is 9.88. The van der Waals surface area contributed by atoms with E-state index in [9.17, 15) is 14.7 Å². The number of benzene rings is 1. The fourth-order valence-electron chi connectivity index (χ4n) is 3.77. The van der Waals surface area contributed by atoms with Gasteiger partial charge in [0.25, 0.3) is 5.91 Å². The maximum atomic E-state index is 12.9. The fraction of sp³-hybridized carbons (Fsp3) is 0.318. The zero-order chi connectivity index (χ0) is 20.8. The van der Waals surface area contributed by atoms with Crippen LogP contribution in [0.1, 0.15) is 52.4 Å². The summed E-state index contributed by atoms with van der Waals surface area (Å²) in [4.78, 5) is 28.7. The van der Waals surface area contributed by atoms with Crippen LogP contribution < -0.4 is 11.1 Å². The molecule has 0 saturated heterocycles. The Morgan fingerprint density at radius 3 is 2.72 bits per heavy atom. The third-order valence-electron chi connectivity index (χ3n) is 5.70. The van der Waals surface area contributed by atoms with Gasteiger partial charge in [0.2, 0.25) is 5.91 Å². The minimum atomic E-state index is -1.55. The second kappa shape index (κ2) is 7.00. The number of amides is 2. The standard InChI is InChI=1S/C22H23N3O4/c1-12-19(20(27)25-22(2,11-26)21(23)28)17-8-13(5-6-18(17)29-12)15-9-16(15)14-4-3-7-24-10-14/h3-8,10,15-16,26H,9,11H2,1-2H3,(H2,23,28)(H,25,27)/t15?,16?,22-/m0/s1. The molecular formula is C22H23N3O4. The summed E-state index contributed by atoms with van der Waals surface area (Å²) in [7, 11) is 0. The second-order valence-corrected chi connectivity index (χ2v) is 7.83. The summed E-state index contributed by atoms with van der Waals surface area (Å²) in [6.45, 7) is 2.49. The van der Waals surface area contributed by atoms with Crippen molar-refractivity contribution in [3.05, 3.63) is 65.2 Å². The van der Waals surface area contributed by atoms with Crippen molar-refractivity contribution in [1.82, 2.24) is 10.3 Å². The number of aliphatic hydroxyl groups is 1. The maximum Gasteiger partial charge on any atom is 0.256 e. The van der Waals surface area contributed by atoms with Gasteiger partial charge in [-0.2, -0.15) is 0 Å². The van der Waals surface area contributed by atoms with Gasteiger partial charge in [-0.05, 0) is 61.4 Å². The number of furan rings is 1. The van der Waals surface area contributed by atoms with Crippen LogP contribution in [-0.4, -0.2) is 34.1 Å². The summed E-state index contributed by atoms with van der Waals surface area (Å²) >= 11 is 0. The van der Waals surface area contributed by atoms with Crippen molar-refractivity contribution in [2.24, 2.45) is 5.73 Å². The minimum Gasteiger partial charge on any atom is -0.461 e. The minimum absolute atomic E-state index is 0.348. The van der Waals surface area contributed by atoms with Crippen molar-refractivity contribution >= 4 is 22.8 Å². The van der Waals surface area contributed by atoms with Crippen LogP contribution in [0.3, 0.4) is 0 Å². The van der Waals surface area contributed by atoms with Gasteiger partial charge in [-0.1, -0.05) is 12.1 Å². The smallest absolute Gasteiger partial charge is 0.256 e. The summed E-state index contributed by atoms with van der Waals surface area (Å²) in [5.41, 5.74) is 7.06. The molecule has 4 rings (SSSR count). The number of rotatable bonds is 6. The normalized spacial score (nSPS) is 20.2. The van der Waals surface area contributed by atoms with Crippen LogP contribution >= 0.6 is 0 Å². The Kier molecular flexibility index (Phi) is 4.62. The number of hydrogen-bond acceptors (Lipinski definition) is 5. The van der Waals surface area contributed by atoms with Crippen molar-refractivity contribution in [2.75, 3.05) is 6.61 Å². The average molecular weight is 393 g/mol. The lowest BCUT2D eigenvalue weighted by molar-refractivity contribution is -0.124. The number of hydrogen-bond donors (Lipinski definition) is 3. The molecule has 150 valence electrons.